The van der Waals surface area contributed by atoms with Crippen LogP contribution in [0.25, 0.3) is 11.0 Å². The summed E-state index contributed by atoms with van der Waals surface area (Å²) in [4.78, 5) is 25.4. The van der Waals surface area contributed by atoms with Gasteiger partial charge in [0.1, 0.15) is 11.3 Å². The molecule has 0 bridgehead atoms. The third-order valence-corrected chi connectivity index (χ3v) is 4.84. The lowest BCUT2D eigenvalue weighted by atomic mass is 9.92. The number of nitrogens with zero attached hydrogens (tertiary/aromatic N) is 1. The number of rotatable bonds is 5. The summed E-state index contributed by atoms with van der Waals surface area (Å²) in [5.74, 6) is -0.0608. The minimum Gasteiger partial charge on any atom is -0.481 e. The molecule has 0 spiro atoms. The number of fused-ring (bicyclic) bond motifs is 1. The molecule has 2 heterocycles. The Bertz CT molecular complexity index is 703. The van der Waals surface area contributed by atoms with Gasteiger partial charge in [-0.3, -0.25) is 9.59 Å². The standard InChI is InChI=1S/C19H23NO4/c1-13(17-11-15-6-2-3-7-16(15)24-17)19(23)20-10-4-5-14(12-20)8-9-18(21)22/h2-3,6-7,11,13-14H,4-5,8-10,12H2,1H3,(H,21,22)/t13-,14+/m1/s1. The Morgan fingerprint density at radius 1 is 1.38 bits per heavy atom. The van der Waals surface area contributed by atoms with E-state index in [1.54, 1.807) is 0 Å². The maximum atomic E-state index is 12.8. The molecule has 1 aromatic carbocycles. The number of carbonyl (C=O) groups is 2. The van der Waals surface area contributed by atoms with Crippen LogP contribution >= 0.6 is 0 Å². The average molecular weight is 329 g/mol. The Morgan fingerprint density at radius 3 is 2.92 bits per heavy atom. The Morgan fingerprint density at radius 2 is 2.17 bits per heavy atom. The van der Waals surface area contributed by atoms with Crippen LogP contribution in [-0.4, -0.2) is 35.0 Å². The van der Waals surface area contributed by atoms with Gasteiger partial charge in [-0.1, -0.05) is 18.2 Å². The lowest BCUT2D eigenvalue weighted by molar-refractivity contribution is -0.137. The maximum absolute atomic E-state index is 12.8. The van der Waals surface area contributed by atoms with Crippen LogP contribution in [-0.2, 0) is 9.59 Å². The summed E-state index contributed by atoms with van der Waals surface area (Å²) >= 11 is 0. The van der Waals surface area contributed by atoms with Crippen molar-refractivity contribution in [1.29, 1.82) is 0 Å². The van der Waals surface area contributed by atoms with Gasteiger partial charge in [0.05, 0.1) is 5.92 Å². The average Bonchev–Trinajstić information content (AvgIpc) is 3.03. The van der Waals surface area contributed by atoms with Crippen LogP contribution in [0.3, 0.4) is 0 Å². The van der Waals surface area contributed by atoms with Crippen molar-refractivity contribution in [3.63, 3.8) is 0 Å². The fourth-order valence-electron chi connectivity index (χ4n) is 3.44. The Kier molecular flexibility index (Phi) is 4.88. The molecular formula is C19H23NO4. The number of carboxylic acids is 1. The quantitative estimate of drug-likeness (QED) is 0.909. The summed E-state index contributed by atoms with van der Waals surface area (Å²) in [5.41, 5.74) is 0.796. The molecule has 5 nitrogen and oxygen atoms in total. The third-order valence-electron chi connectivity index (χ3n) is 4.84. The second-order valence-electron chi connectivity index (χ2n) is 6.63. The number of hydrogen-bond acceptors (Lipinski definition) is 3. The molecule has 0 saturated carbocycles. The SMILES string of the molecule is C[C@@H](C(=O)N1CCC[C@@H](CCC(=O)O)C1)c1cc2ccccc2o1. The number of para-hydroxylation sites is 1. The van der Waals surface area contributed by atoms with Crippen LogP contribution in [0, 0.1) is 5.92 Å². The number of amides is 1. The van der Waals surface area contributed by atoms with Crippen molar-refractivity contribution in [2.24, 2.45) is 5.92 Å². The summed E-state index contributed by atoms with van der Waals surface area (Å²) in [5, 5.41) is 9.84. The molecule has 24 heavy (non-hydrogen) atoms. The normalized spacial score (nSPS) is 19.4. The highest BCUT2D eigenvalue weighted by Crippen LogP contribution is 2.28. The third kappa shape index (κ3) is 3.61. The zero-order valence-corrected chi connectivity index (χ0v) is 13.9. The van der Waals surface area contributed by atoms with Crippen molar-refractivity contribution in [3.05, 3.63) is 36.1 Å². The molecule has 2 atom stereocenters. The van der Waals surface area contributed by atoms with E-state index in [9.17, 15) is 9.59 Å². The van der Waals surface area contributed by atoms with E-state index >= 15 is 0 Å². The van der Waals surface area contributed by atoms with Gasteiger partial charge in [0.2, 0.25) is 5.91 Å². The molecule has 1 saturated heterocycles. The Labute approximate surface area is 141 Å². The number of benzene rings is 1. The summed E-state index contributed by atoms with van der Waals surface area (Å²) in [6.45, 7) is 3.27. The highest BCUT2D eigenvalue weighted by molar-refractivity contribution is 5.85. The molecule has 1 aliphatic heterocycles. The zero-order valence-electron chi connectivity index (χ0n) is 13.9. The fraction of sp³-hybridized carbons (Fsp3) is 0.474. The number of carbonyl (C=O) groups excluding carboxylic acids is 1. The van der Waals surface area contributed by atoms with Gasteiger partial charge in [-0.15, -0.1) is 0 Å². The van der Waals surface area contributed by atoms with Gasteiger partial charge >= 0.3 is 5.97 Å². The number of piperidine rings is 1. The van der Waals surface area contributed by atoms with Gasteiger partial charge in [-0.05, 0) is 44.2 Å². The first-order chi connectivity index (χ1) is 11.5. The highest BCUT2D eigenvalue weighted by Gasteiger charge is 2.29. The highest BCUT2D eigenvalue weighted by atomic mass is 16.4. The van der Waals surface area contributed by atoms with Crippen molar-refractivity contribution in [2.75, 3.05) is 13.1 Å². The molecular weight excluding hydrogens is 306 g/mol. The molecule has 1 aromatic heterocycles. The van der Waals surface area contributed by atoms with E-state index in [0.29, 0.717) is 18.7 Å². The van der Waals surface area contributed by atoms with E-state index in [1.165, 1.54) is 0 Å². The summed E-state index contributed by atoms with van der Waals surface area (Å²) in [6, 6.07) is 9.68. The molecule has 1 aliphatic rings. The molecule has 128 valence electrons. The van der Waals surface area contributed by atoms with Gasteiger partial charge in [0.25, 0.3) is 0 Å². The van der Waals surface area contributed by atoms with Gasteiger partial charge < -0.3 is 14.4 Å². The lowest BCUT2D eigenvalue weighted by Gasteiger charge is -2.34. The van der Waals surface area contributed by atoms with E-state index in [4.69, 9.17) is 9.52 Å². The number of hydrogen-bond donors (Lipinski definition) is 1. The van der Waals surface area contributed by atoms with Crippen LogP contribution in [0.5, 0.6) is 0 Å². The van der Waals surface area contributed by atoms with Crippen molar-refractivity contribution >= 4 is 22.8 Å². The zero-order chi connectivity index (χ0) is 17.1. The van der Waals surface area contributed by atoms with Gasteiger partial charge in [-0.2, -0.15) is 0 Å². The van der Waals surface area contributed by atoms with Crippen LogP contribution < -0.4 is 0 Å². The van der Waals surface area contributed by atoms with Gasteiger partial charge in [0, 0.05) is 24.9 Å². The summed E-state index contributed by atoms with van der Waals surface area (Å²) in [6.07, 6.45) is 2.74. The molecule has 0 radical (unpaired) electrons. The van der Waals surface area contributed by atoms with E-state index in [-0.39, 0.29) is 24.2 Å². The molecule has 1 fully saturated rings. The maximum Gasteiger partial charge on any atom is 0.303 e. The van der Waals surface area contributed by atoms with Crippen molar-refractivity contribution in [1.82, 2.24) is 4.90 Å². The predicted molar refractivity (Wildman–Crippen MR) is 90.8 cm³/mol. The fourth-order valence-corrected chi connectivity index (χ4v) is 3.44. The smallest absolute Gasteiger partial charge is 0.303 e. The van der Waals surface area contributed by atoms with E-state index in [1.807, 2.05) is 42.2 Å². The van der Waals surface area contributed by atoms with Crippen molar-refractivity contribution in [2.45, 2.75) is 38.5 Å². The molecule has 0 aliphatic carbocycles. The number of aliphatic carboxylic acids is 1. The Balaban J connectivity index is 1.67. The van der Waals surface area contributed by atoms with Gasteiger partial charge in [0.15, 0.2) is 0 Å². The first-order valence-electron chi connectivity index (χ1n) is 8.53. The topological polar surface area (TPSA) is 70.8 Å². The molecule has 3 rings (SSSR count). The van der Waals surface area contributed by atoms with Crippen molar-refractivity contribution < 1.29 is 19.1 Å². The minimum atomic E-state index is -0.769. The molecule has 2 aromatic rings. The van der Waals surface area contributed by atoms with Crippen LogP contribution in [0.4, 0.5) is 0 Å². The first-order valence-corrected chi connectivity index (χ1v) is 8.53. The molecule has 1 N–H and O–H groups in total. The van der Waals surface area contributed by atoms with Crippen LogP contribution in [0.15, 0.2) is 34.7 Å². The largest absolute Gasteiger partial charge is 0.481 e. The lowest BCUT2D eigenvalue weighted by Crippen LogP contribution is -2.41. The molecule has 0 unspecified atom stereocenters. The number of carboxylic acid groups (broad SMARTS) is 1. The van der Waals surface area contributed by atoms with E-state index in [2.05, 4.69) is 0 Å². The summed E-state index contributed by atoms with van der Waals surface area (Å²) < 4.78 is 5.82. The van der Waals surface area contributed by atoms with E-state index in [0.717, 1.165) is 30.4 Å². The number of furan rings is 1. The molecule has 5 heteroatoms. The second kappa shape index (κ2) is 7.07. The van der Waals surface area contributed by atoms with Crippen LogP contribution in [0.1, 0.15) is 44.3 Å². The number of likely N-dealkylation sites (tertiary alicyclic amines) is 1. The van der Waals surface area contributed by atoms with E-state index < -0.39 is 5.97 Å². The predicted octanol–water partition coefficient (Wildman–Crippen LogP) is 3.64. The van der Waals surface area contributed by atoms with Crippen LogP contribution in [0.2, 0.25) is 0 Å². The first kappa shape index (κ1) is 16.6. The summed E-state index contributed by atoms with van der Waals surface area (Å²) in [7, 11) is 0. The second-order valence-corrected chi connectivity index (χ2v) is 6.63. The Hall–Kier alpha value is -2.30. The minimum absolute atomic E-state index is 0.0640. The monoisotopic (exact) mass is 329 g/mol. The molecule has 1 amide bonds. The van der Waals surface area contributed by atoms with Gasteiger partial charge in [-0.25, -0.2) is 0 Å². The van der Waals surface area contributed by atoms with Crippen molar-refractivity contribution in [3.8, 4) is 0 Å².